The highest BCUT2D eigenvalue weighted by atomic mass is 16.3. The Morgan fingerprint density at radius 2 is 1.15 bits per heavy atom. The molecule has 0 amide bonds. The molecule has 1 aliphatic heterocycles. The number of rotatable bonds is 5. The Balaban J connectivity index is 1.64. The van der Waals surface area contributed by atoms with E-state index in [1.165, 1.54) is 33.5 Å². The van der Waals surface area contributed by atoms with Crippen LogP contribution in [0.3, 0.4) is 0 Å². The van der Waals surface area contributed by atoms with Gasteiger partial charge in [-0.3, -0.25) is 0 Å². The van der Waals surface area contributed by atoms with E-state index in [0.717, 1.165) is 16.8 Å². The van der Waals surface area contributed by atoms with Crippen molar-refractivity contribution in [2.75, 3.05) is 4.90 Å². The van der Waals surface area contributed by atoms with Gasteiger partial charge in [-0.2, -0.15) is 0 Å². The van der Waals surface area contributed by atoms with Crippen LogP contribution in [0.15, 0.2) is 121 Å². The third-order valence-electron chi connectivity index (χ3n) is 7.70. The highest BCUT2D eigenvalue weighted by Gasteiger charge is 2.47. The van der Waals surface area contributed by atoms with Crippen LogP contribution in [0.4, 0.5) is 11.4 Å². The Labute approximate surface area is 231 Å². The fourth-order valence-corrected chi connectivity index (χ4v) is 6.18. The number of nitrogens with zero attached hydrogens (tertiary/aromatic N) is 2. The van der Waals surface area contributed by atoms with E-state index >= 15 is 0 Å². The molecule has 0 saturated heterocycles. The lowest BCUT2D eigenvalue weighted by atomic mass is 9.91. The molecule has 192 valence electrons. The van der Waals surface area contributed by atoms with Crippen LogP contribution in [0.5, 0.6) is 5.75 Å². The zero-order valence-corrected chi connectivity index (χ0v) is 22.6. The van der Waals surface area contributed by atoms with E-state index in [-0.39, 0.29) is 17.8 Å². The van der Waals surface area contributed by atoms with Crippen LogP contribution in [-0.4, -0.2) is 16.0 Å². The lowest BCUT2D eigenvalue weighted by Crippen LogP contribution is -2.26. The lowest BCUT2D eigenvalue weighted by Gasteiger charge is -2.26. The van der Waals surface area contributed by atoms with Gasteiger partial charge < -0.3 is 5.11 Å². The average molecular weight is 510 g/mol. The van der Waals surface area contributed by atoms with Gasteiger partial charge in [0.25, 0.3) is 0 Å². The zero-order valence-electron chi connectivity index (χ0n) is 22.6. The molecule has 0 aliphatic carbocycles. The molecule has 0 aromatic heterocycles. The van der Waals surface area contributed by atoms with Gasteiger partial charge in [0, 0.05) is 22.3 Å². The van der Waals surface area contributed by atoms with Gasteiger partial charge in [-0.05, 0) is 50.1 Å². The third-order valence-corrected chi connectivity index (χ3v) is 7.70. The van der Waals surface area contributed by atoms with Gasteiger partial charge in [-0.1, -0.05) is 109 Å². The van der Waals surface area contributed by atoms with Gasteiger partial charge in [-0.15, -0.1) is 0 Å². The number of para-hydroxylation sites is 2. The minimum absolute atomic E-state index is 0.000656. The Hall–Kier alpha value is -4.63. The predicted molar refractivity (Wildman–Crippen MR) is 161 cm³/mol. The molecule has 0 unspecified atom stereocenters. The first-order valence-electron chi connectivity index (χ1n) is 13.5. The van der Waals surface area contributed by atoms with Crippen molar-refractivity contribution in [2.24, 2.45) is 0 Å². The molecule has 5 aromatic carbocycles. The van der Waals surface area contributed by atoms with E-state index in [4.69, 9.17) is 0 Å². The van der Waals surface area contributed by atoms with Crippen LogP contribution in [0.1, 0.15) is 39.9 Å². The second-order valence-corrected chi connectivity index (χ2v) is 10.4. The highest BCUT2D eigenvalue weighted by molar-refractivity contribution is 5.91. The topological polar surface area (TPSA) is 26.5 Å². The standard InChI is InChI=1S/C36H32N2O/c1-25-22-26(2)34(27(3)23-25)38-24-37(32-20-12-10-18-30(32)31-19-11-13-21-33(31)39)35(28-14-6-4-7-15-28)36(38)29-16-8-5-9-17-29/h4-24,35-36H,1-3H3/p+1/t35-,36-/m1/s1. The van der Waals surface area contributed by atoms with Gasteiger partial charge >= 0.3 is 0 Å². The molecule has 0 radical (unpaired) electrons. The molecule has 39 heavy (non-hydrogen) atoms. The second kappa shape index (κ2) is 10.3. The van der Waals surface area contributed by atoms with Crippen molar-refractivity contribution in [3.8, 4) is 16.9 Å². The molecule has 0 saturated carbocycles. The summed E-state index contributed by atoms with van der Waals surface area (Å²) in [4.78, 5) is 2.40. The Morgan fingerprint density at radius 1 is 0.615 bits per heavy atom. The highest BCUT2D eigenvalue weighted by Crippen LogP contribution is 2.48. The number of benzene rings is 5. The van der Waals surface area contributed by atoms with Crippen LogP contribution in [0.2, 0.25) is 0 Å². The van der Waals surface area contributed by atoms with Gasteiger partial charge in [0.1, 0.15) is 17.1 Å². The summed E-state index contributed by atoms with van der Waals surface area (Å²) in [5.41, 5.74) is 10.4. The van der Waals surface area contributed by atoms with Gasteiger partial charge in [0.05, 0.1) is 0 Å². The Morgan fingerprint density at radius 3 is 1.79 bits per heavy atom. The predicted octanol–water partition coefficient (Wildman–Crippen LogP) is 8.66. The van der Waals surface area contributed by atoms with E-state index in [1.807, 2.05) is 24.3 Å². The summed E-state index contributed by atoms with van der Waals surface area (Å²) < 4.78 is 2.46. The Kier molecular flexibility index (Phi) is 6.50. The number of aryl methyl sites for hydroxylation is 3. The molecule has 1 N–H and O–H groups in total. The molecule has 3 heteroatoms. The fourth-order valence-electron chi connectivity index (χ4n) is 6.18. The number of aromatic hydroxyl groups is 1. The summed E-state index contributed by atoms with van der Waals surface area (Å²) in [6, 6.07) is 42.1. The molecule has 0 bridgehead atoms. The first-order chi connectivity index (χ1) is 19.0. The van der Waals surface area contributed by atoms with Crippen LogP contribution in [0, 0.1) is 20.8 Å². The molecular weight excluding hydrogens is 476 g/mol. The zero-order chi connectivity index (χ0) is 26.9. The summed E-state index contributed by atoms with van der Waals surface area (Å²) in [5, 5.41) is 10.8. The van der Waals surface area contributed by atoms with Gasteiger partial charge in [-0.25, -0.2) is 9.48 Å². The van der Waals surface area contributed by atoms with Crippen LogP contribution in [-0.2, 0) is 0 Å². The molecule has 1 heterocycles. The van der Waals surface area contributed by atoms with Crippen molar-refractivity contribution in [2.45, 2.75) is 32.9 Å². The van der Waals surface area contributed by atoms with E-state index < -0.39 is 0 Å². The maximum atomic E-state index is 10.8. The van der Waals surface area contributed by atoms with Crippen LogP contribution >= 0.6 is 0 Å². The smallest absolute Gasteiger partial charge is 0.245 e. The number of hydrogen-bond donors (Lipinski definition) is 1. The molecule has 1 aliphatic rings. The van der Waals surface area contributed by atoms with Crippen molar-refractivity contribution < 1.29 is 9.68 Å². The number of phenols is 1. The lowest BCUT2D eigenvalue weighted by molar-refractivity contribution is -0.482. The summed E-state index contributed by atoms with van der Waals surface area (Å²) in [6.07, 6.45) is 2.28. The fraction of sp³-hybridized carbons (Fsp3) is 0.139. The monoisotopic (exact) mass is 509 g/mol. The molecule has 6 rings (SSSR count). The van der Waals surface area contributed by atoms with E-state index in [1.54, 1.807) is 6.07 Å². The summed E-state index contributed by atoms with van der Waals surface area (Å²) in [5.74, 6) is 0.280. The molecule has 0 spiro atoms. The minimum atomic E-state index is 0.000656. The number of anilines is 1. The molecular formula is C36H33N2O+. The van der Waals surface area contributed by atoms with Crippen molar-refractivity contribution in [1.29, 1.82) is 0 Å². The van der Waals surface area contributed by atoms with E-state index in [9.17, 15) is 5.11 Å². The number of hydrogen-bond acceptors (Lipinski definition) is 2. The summed E-state index contributed by atoms with van der Waals surface area (Å²) in [6.45, 7) is 6.58. The van der Waals surface area contributed by atoms with Crippen LogP contribution in [0.25, 0.3) is 11.1 Å². The maximum Gasteiger partial charge on any atom is 0.245 e. The number of phenolic OH excluding ortho intramolecular Hbond substituents is 1. The second-order valence-electron chi connectivity index (χ2n) is 10.4. The van der Waals surface area contributed by atoms with Crippen molar-refractivity contribution in [1.82, 2.24) is 0 Å². The van der Waals surface area contributed by atoms with Crippen molar-refractivity contribution >= 4 is 17.7 Å². The first-order valence-corrected chi connectivity index (χ1v) is 13.5. The van der Waals surface area contributed by atoms with Gasteiger partial charge in [0.15, 0.2) is 12.1 Å². The maximum absolute atomic E-state index is 10.8. The van der Waals surface area contributed by atoms with Gasteiger partial charge in [0.2, 0.25) is 6.34 Å². The SMILES string of the molecule is Cc1cc(C)c([N+]2=CN(c3ccccc3-c3ccccc3O)[C@H](c3ccccc3)[C@H]2c2ccccc2)c(C)c1. The first kappa shape index (κ1) is 24.7. The minimum Gasteiger partial charge on any atom is -0.507 e. The van der Waals surface area contributed by atoms with E-state index in [2.05, 4.69) is 128 Å². The summed E-state index contributed by atoms with van der Waals surface area (Å²) >= 11 is 0. The van der Waals surface area contributed by atoms with E-state index in [0.29, 0.717) is 0 Å². The van der Waals surface area contributed by atoms with Crippen molar-refractivity contribution in [3.05, 3.63) is 149 Å². The molecule has 5 aromatic rings. The quantitative estimate of drug-likeness (QED) is 0.240. The third kappa shape index (κ3) is 4.51. The average Bonchev–Trinajstić information content (AvgIpc) is 3.33. The molecule has 0 fully saturated rings. The Bertz CT molecular complexity index is 1630. The molecule has 3 nitrogen and oxygen atoms in total. The summed E-state index contributed by atoms with van der Waals surface area (Å²) in [7, 11) is 0. The van der Waals surface area contributed by atoms with Crippen molar-refractivity contribution in [3.63, 3.8) is 0 Å². The van der Waals surface area contributed by atoms with Crippen LogP contribution < -0.4 is 4.90 Å². The molecule has 2 atom stereocenters. The largest absolute Gasteiger partial charge is 0.507 e. The normalized spacial score (nSPS) is 16.8.